The number of nitrogens with zero attached hydrogens (tertiary/aromatic N) is 2. The third-order valence-electron chi connectivity index (χ3n) is 5.81. The SMILES string of the molecule is Cc1ccc(N(CCCCN2C(=O)c3ccccc3C2=O)C(=O)C=Cc2ccccc2Cl)cc1. The molecule has 1 aliphatic heterocycles. The first kappa shape index (κ1) is 23.5. The van der Waals surface area contributed by atoms with Crippen LogP contribution >= 0.6 is 11.6 Å². The van der Waals surface area contributed by atoms with Crippen LogP contribution in [0.1, 0.15) is 44.7 Å². The van der Waals surface area contributed by atoms with E-state index < -0.39 is 0 Å². The first-order valence-corrected chi connectivity index (χ1v) is 11.6. The number of carbonyl (C=O) groups excluding carboxylic acids is 3. The standard InChI is InChI=1S/C28H25ClN2O3/c1-20-12-15-22(16-13-20)30(26(32)17-14-21-8-2-5-11-25(21)29)18-6-7-19-31-27(33)23-9-3-4-10-24(23)28(31)34/h2-5,8-17H,6-7,18-19H2,1H3. The summed E-state index contributed by atoms with van der Waals surface area (Å²) in [6, 6.07) is 22.0. The summed E-state index contributed by atoms with van der Waals surface area (Å²) in [5.41, 5.74) is 3.57. The monoisotopic (exact) mass is 472 g/mol. The zero-order valence-electron chi connectivity index (χ0n) is 18.9. The molecule has 0 N–H and O–H groups in total. The predicted octanol–water partition coefficient (Wildman–Crippen LogP) is 5.77. The Bertz CT molecular complexity index is 1220. The van der Waals surface area contributed by atoms with E-state index in [4.69, 9.17) is 11.6 Å². The Morgan fingerprint density at radius 1 is 0.882 bits per heavy atom. The fourth-order valence-electron chi connectivity index (χ4n) is 3.93. The van der Waals surface area contributed by atoms with Gasteiger partial charge in [-0.2, -0.15) is 0 Å². The molecular formula is C28H25ClN2O3. The molecule has 0 aliphatic carbocycles. The number of hydrogen-bond acceptors (Lipinski definition) is 3. The molecule has 0 atom stereocenters. The van der Waals surface area contributed by atoms with Crippen LogP contribution in [-0.2, 0) is 4.79 Å². The molecule has 3 aromatic rings. The molecule has 3 amide bonds. The molecule has 0 aromatic heterocycles. The van der Waals surface area contributed by atoms with Gasteiger partial charge >= 0.3 is 0 Å². The van der Waals surface area contributed by atoms with Crippen LogP contribution in [0.15, 0.2) is 78.9 Å². The van der Waals surface area contributed by atoms with Crippen molar-refractivity contribution in [3.63, 3.8) is 0 Å². The summed E-state index contributed by atoms with van der Waals surface area (Å²) < 4.78 is 0. The third kappa shape index (κ3) is 5.10. The second kappa shape index (κ2) is 10.5. The number of carbonyl (C=O) groups is 3. The summed E-state index contributed by atoms with van der Waals surface area (Å²) in [5.74, 6) is -0.672. The second-order valence-electron chi connectivity index (χ2n) is 8.19. The van der Waals surface area contributed by atoms with Gasteiger partial charge in [0.1, 0.15) is 0 Å². The normalized spacial score (nSPS) is 12.9. The second-order valence-corrected chi connectivity index (χ2v) is 8.60. The van der Waals surface area contributed by atoms with Gasteiger partial charge in [0.05, 0.1) is 11.1 Å². The first-order chi connectivity index (χ1) is 16.5. The Kier molecular flexibility index (Phi) is 7.24. The smallest absolute Gasteiger partial charge is 0.261 e. The lowest BCUT2D eigenvalue weighted by molar-refractivity contribution is -0.114. The van der Waals surface area contributed by atoms with Crippen LogP contribution in [0.25, 0.3) is 6.08 Å². The van der Waals surface area contributed by atoms with Crippen molar-refractivity contribution in [2.24, 2.45) is 0 Å². The molecule has 172 valence electrons. The highest BCUT2D eigenvalue weighted by Crippen LogP contribution is 2.23. The largest absolute Gasteiger partial charge is 0.309 e. The van der Waals surface area contributed by atoms with Crippen LogP contribution in [0.4, 0.5) is 5.69 Å². The maximum atomic E-state index is 13.1. The number of fused-ring (bicyclic) bond motifs is 1. The van der Waals surface area contributed by atoms with Gasteiger partial charge in [-0.25, -0.2) is 0 Å². The van der Waals surface area contributed by atoms with Crippen molar-refractivity contribution >= 4 is 41.1 Å². The average molecular weight is 473 g/mol. The van der Waals surface area contributed by atoms with Gasteiger partial charge in [0, 0.05) is 29.9 Å². The molecule has 6 heteroatoms. The van der Waals surface area contributed by atoms with Gasteiger partial charge in [-0.05, 0) is 61.7 Å². The number of halogens is 1. The lowest BCUT2D eigenvalue weighted by Crippen LogP contribution is -2.33. The summed E-state index contributed by atoms with van der Waals surface area (Å²) in [4.78, 5) is 41.2. The highest BCUT2D eigenvalue weighted by atomic mass is 35.5. The maximum absolute atomic E-state index is 13.1. The molecule has 0 saturated heterocycles. The Labute approximate surface area is 204 Å². The fourth-order valence-corrected chi connectivity index (χ4v) is 4.13. The molecule has 34 heavy (non-hydrogen) atoms. The number of unbranched alkanes of at least 4 members (excludes halogenated alkanes) is 1. The first-order valence-electron chi connectivity index (χ1n) is 11.2. The van der Waals surface area contributed by atoms with Gasteiger partial charge < -0.3 is 4.90 Å². The lowest BCUT2D eigenvalue weighted by Gasteiger charge is -2.22. The minimum absolute atomic E-state index is 0.162. The molecule has 0 unspecified atom stereocenters. The van der Waals surface area contributed by atoms with Crippen molar-refractivity contribution in [3.8, 4) is 0 Å². The molecule has 0 saturated carbocycles. The third-order valence-corrected chi connectivity index (χ3v) is 6.16. The fraction of sp³-hybridized carbons (Fsp3) is 0.179. The number of rotatable bonds is 8. The van der Waals surface area contributed by atoms with Crippen LogP contribution in [0, 0.1) is 6.92 Å². The number of hydrogen-bond donors (Lipinski definition) is 0. The number of amides is 3. The van der Waals surface area contributed by atoms with E-state index in [0.29, 0.717) is 42.1 Å². The van der Waals surface area contributed by atoms with Crippen LogP contribution in [0.2, 0.25) is 5.02 Å². The van der Waals surface area contributed by atoms with Crippen molar-refractivity contribution in [3.05, 3.63) is 106 Å². The van der Waals surface area contributed by atoms with Gasteiger partial charge in [0.15, 0.2) is 0 Å². The molecule has 0 bridgehead atoms. The summed E-state index contributed by atoms with van der Waals surface area (Å²) in [6.07, 6.45) is 4.46. The molecule has 0 spiro atoms. The lowest BCUT2D eigenvalue weighted by atomic mass is 10.1. The van der Waals surface area contributed by atoms with Gasteiger partial charge in [-0.1, -0.05) is 59.6 Å². The quantitative estimate of drug-likeness (QED) is 0.237. The summed E-state index contributed by atoms with van der Waals surface area (Å²) in [7, 11) is 0. The molecule has 3 aromatic carbocycles. The minimum atomic E-state index is -0.255. The molecule has 0 fully saturated rings. The molecule has 0 radical (unpaired) electrons. The van der Waals surface area contributed by atoms with Gasteiger partial charge in [0.25, 0.3) is 17.7 Å². The van der Waals surface area contributed by atoms with Crippen LogP contribution in [0.3, 0.4) is 0 Å². The van der Waals surface area contributed by atoms with Crippen molar-refractivity contribution < 1.29 is 14.4 Å². The van der Waals surface area contributed by atoms with E-state index in [1.54, 1.807) is 41.3 Å². The zero-order valence-corrected chi connectivity index (χ0v) is 19.7. The van der Waals surface area contributed by atoms with E-state index >= 15 is 0 Å². The highest BCUT2D eigenvalue weighted by molar-refractivity contribution is 6.32. The molecule has 4 rings (SSSR count). The summed E-state index contributed by atoms with van der Waals surface area (Å²) in [5, 5.41) is 0.578. The molecule has 5 nitrogen and oxygen atoms in total. The van der Waals surface area contributed by atoms with Gasteiger partial charge in [0.2, 0.25) is 0 Å². The average Bonchev–Trinajstić information content (AvgIpc) is 3.09. The molecule has 1 aliphatic rings. The summed E-state index contributed by atoms with van der Waals surface area (Å²) in [6.45, 7) is 2.77. The highest BCUT2D eigenvalue weighted by Gasteiger charge is 2.34. The topological polar surface area (TPSA) is 57.7 Å². The van der Waals surface area contributed by atoms with Crippen LogP contribution < -0.4 is 4.90 Å². The van der Waals surface area contributed by atoms with Crippen LogP contribution in [0.5, 0.6) is 0 Å². The van der Waals surface area contributed by atoms with Crippen molar-refractivity contribution in [2.75, 3.05) is 18.0 Å². The Morgan fingerprint density at radius 2 is 1.50 bits per heavy atom. The Balaban J connectivity index is 1.42. The number of aryl methyl sites for hydroxylation is 1. The Hall–Kier alpha value is -3.70. The number of benzene rings is 3. The van der Waals surface area contributed by atoms with E-state index in [2.05, 4.69) is 0 Å². The zero-order chi connectivity index (χ0) is 24.1. The predicted molar refractivity (Wildman–Crippen MR) is 135 cm³/mol. The van der Waals surface area contributed by atoms with Crippen molar-refractivity contribution in [1.82, 2.24) is 4.90 Å². The summed E-state index contributed by atoms with van der Waals surface area (Å²) >= 11 is 6.21. The maximum Gasteiger partial charge on any atom is 0.261 e. The van der Waals surface area contributed by atoms with Gasteiger partial charge in [-0.3, -0.25) is 19.3 Å². The van der Waals surface area contributed by atoms with Crippen LogP contribution in [-0.4, -0.2) is 35.7 Å². The van der Waals surface area contributed by atoms with E-state index in [1.165, 1.54) is 11.0 Å². The van der Waals surface area contributed by atoms with Crippen molar-refractivity contribution in [1.29, 1.82) is 0 Å². The minimum Gasteiger partial charge on any atom is -0.309 e. The van der Waals surface area contributed by atoms with Gasteiger partial charge in [-0.15, -0.1) is 0 Å². The van der Waals surface area contributed by atoms with E-state index in [1.807, 2.05) is 49.4 Å². The number of anilines is 1. The van der Waals surface area contributed by atoms with E-state index in [-0.39, 0.29) is 17.7 Å². The number of imide groups is 1. The molecule has 1 heterocycles. The van der Waals surface area contributed by atoms with Crippen molar-refractivity contribution in [2.45, 2.75) is 19.8 Å². The molecular weight excluding hydrogens is 448 g/mol. The Morgan fingerprint density at radius 3 is 2.15 bits per heavy atom. The van der Waals surface area contributed by atoms with E-state index in [9.17, 15) is 14.4 Å². The van der Waals surface area contributed by atoms with E-state index in [0.717, 1.165) is 16.8 Å².